The van der Waals surface area contributed by atoms with Gasteiger partial charge in [-0.25, -0.2) is 9.18 Å². The van der Waals surface area contributed by atoms with Gasteiger partial charge in [0.15, 0.2) is 6.61 Å². The Bertz CT molecular complexity index is 1000. The third-order valence-electron chi connectivity index (χ3n) is 3.86. The van der Waals surface area contributed by atoms with Crippen molar-refractivity contribution >= 4 is 29.2 Å². The number of ether oxygens (including phenoxy) is 1. The van der Waals surface area contributed by atoms with Gasteiger partial charge in [-0.05, 0) is 53.6 Å². The van der Waals surface area contributed by atoms with Crippen molar-refractivity contribution < 1.29 is 23.8 Å². The second-order valence-corrected chi connectivity index (χ2v) is 6.31. The minimum absolute atomic E-state index is 0.0521. The van der Waals surface area contributed by atoms with E-state index in [9.17, 15) is 19.1 Å². The highest BCUT2D eigenvalue weighted by molar-refractivity contribution is 6.30. The minimum atomic E-state index is -0.683. The van der Waals surface area contributed by atoms with Gasteiger partial charge in [0.05, 0.1) is 11.3 Å². The van der Waals surface area contributed by atoms with Crippen LogP contribution in [-0.2, 0) is 9.53 Å². The Labute approximate surface area is 165 Å². The lowest BCUT2D eigenvalue weighted by molar-refractivity contribution is -0.119. The summed E-state index contributed by atoms with van der Waals surface area (Å²) in [6.45, 7) is -0.555. The lowest BCUT2D eigenvalue weighted by Gasteiger charge is -2.08. The number of esters is 1. The predicted molar refractivity (Wildman–Crippen MR) is 104 cm³/mol. The molecule has 1 amide bonds. The number of carbonyl (C=O) groups is 2. The number of aromatic hydroxyl groups is 1. The summed E-state index contributed by atoms with van der Waals surface area (Å²) >= 11 is 5.65. The molecule has 0 aromatic heterocycles. The average Bonchev–Trinajstić information content (AvgIpc) is 2.69. The number of nitrogens with one attached hydrogen (secondary N) is 1. The van der Waals surface area contributed by atoms with Crippen molar-refractivity contribution in [3.8, 4) is 16.9 Å². The highest BCUT2D eigenvalue weighted by Crippen LogP contribution is 2.22. The molecule has 5 nitrogen and oxygen atoms in total. The molecule has 0 saturated heterocycles. The van der Waals surface area contributed by atoms with Gasteiger partial charge in [-0.15, -0.1) is 0 Å². The number of hydrogen-bond donors (Lipinski definition) is 2. The second-order valence-electron chi connectivity index (χ2n) is 5.87. The van der Waals surface area contributed by atoms with E-state index in [0.717, 1.165) is 17.2 Å². The van der Waals surface area contributed by atoms with Crippen LogP contribution in [0.3, 0.4) is 0 Å². The molecule has 0 bridgehead atoms. The van der Waals surface area contributed by atoms with Crippen LogP contribution in [0.25, 0.3) is 11.1 Å². The van der Waals surface area contributed by atoms with Crippen molar-refractivity contribution in [2.75, 3.05) is 11.9 Å². The summed E-state index contributed by atoms with van der Waals surface area (Å²) in [5.41, 5.74) is 1.95. The van der Waals surface area contributed by atoms with E-state index in [0.29, 0.717) is 0 Å². The quantitative estimate of drug-likeness (QED) is 0.612. The fourth-order valence-corrected chi connectivity index (χ4v) is 2.60. The van der Waals surface area contributed by atoms with Gasteiger partial charge in [0.2, 0.25) is 0 Å². The molecule has 0 aliphatic rings. The highest BCUT2D eigenvalue weighted by Gasteiger charge is 2.12. The molecule has 3 aromatic carbocycles. The van der Waals surface area contributed by atoms with Gasteiger partial charge in [0, 0.05) is 5.02 Å². The molecule has 3 rings (SSSR count). The van der Waals surface area contributed by atoms with E-state index in [1.165, 1.54) is 12.1 Å². The number of halogens is 2. The van der Waals surface area contributed by atoms with Crippen molar-refractivity contribution in [1.82, 2.24) is 0 Å². The monoisotopic (exact) mass is 399 g/mol. The van der Waals surface area contributed by atoms with Crippen LogP contribution in [0, 0.1) is 5.82 Å². The molecule has 2 N–H and O–H groups in total. The Kier molecular flexibility index (Phi) is 5.91. The van der Waals surface area contributed by atoms with Gasteiger partial charge in [0.25, 0.3) is 5.91 Å². The maximum absolute atomic E-state index is 13.7. The van der Waals surface area contributed by atoms with E-state index in [1.54, 1.807) is 48.5 Å². The van der Waals surface area contributed by atoms with Crippen molar-refractivity contribution in [2.45, 2.75) is 0 Å². The van der Waals surface area contributed by atoms with Crippen LogP contribution in [0.15, 0.2) is 66.7 Å². The number of phenolic OH excluding ortho intramolecular Hbond substituents is 1. The molecule has 0 saturated carbocycles. The Morgan fingerprint density at radius 2 is 1.57 bits per heavy atom. The van der Waals surface area contributed by atoms with Gasteiger partial charge < -0.3 is 15.2 Å². The summed E-state index contributed by atoms with van der Waals surface area (Å²) in [4.78, 5) is 23.9. The Balaban J connectivity index is 1.57. The van der Waals surface area contributed by atoms with E-state index >= 15 is 0 Å². The summed E-state index contributed by atoms with van der Waals surface area (Å²) in [7, 11) is 0. The number of benzene rings is 3. The standard InChI is InChI=1S/C21H15ClFNO4/c22-16-7-10-19(18(23)11-16)24-20(26)12-28-21(27)15-3-1-13(2-4-15)14-5-8-17(25)9-6-14/h1-11,25H,12H2,(H,24,26). The normalized spacial score (nSPS) is 10.4. The molecular weight excluding hydrogens is 385 g/mol. The zero-order valence-electron chi connectivity index (χ0n) is 14.5. The number of rotatable bonds is 5. The lowest BCUT2D eigenvalue weighted by Crippen LogP contribution is -2.21. The third-order valence-corrected chi connectivity index (χ3v) is 4.10. The molecule has 0 atom stereocenters. The van der Waals surface area contributed by atoms with Crippen molar-refractivity contribution in [2.24, 2.45) is 0 Å². The summed E-state index contributed by atoms with van der Waals surface area (Å²) < 4.78 is 18.6. The molecule has 0 radical (unpaired) electrons. The zero-order chi connectivity index (χ0) is 20.1. The van der Waals surface area contributed by atoms with E-state index in [4.69, 9.17) is 16.3 Å². The van der Waals surface area contributed by atoms with Crippen molar-refractivity contribution in [3.63, 3.8) is 0 Å². The molecule has 0 heterocycles. The summed E-state index contributed by atoms with van der Waals surface area (Å²) in [6.07, 6.45) is 0. The molecule has 0 aliphatic carbocycles. The van der Waals surface area contributed by atoms with Gasteiger partial charge in [-0.3, -0.25) is 4.79 Å². The van der Waals surface area contributed by atoms with Crippen LogP contribution < -0.4 is 5.32 Å². The third kappa shape index (κ3) is 4.86. The first-order chi connectivity index (χ1) is 13.4. The molecule has 0 unspecified atom stereocenters. The zero-order valence-corrected chi connectivity index (χ0v) is 15.2. The maximum atomic E-state index is 13.7. The van der Waals surface area contributed by atoms with Gasteiger partial charge in [-0.1, -0.05) is 35.9 Å². The number of phenols is 1. The van der Waals surface area contributed by atoms with Crippen LogP contribution in [-0.4, -0.2) is 23.6 Å². The van der Waals surface area contributed by atoms with Crippen LogP contribution in [0.5, 0.6) is 5.75 Å². The van der Waals surface area contributed by atoms with Gasteiger partial charge in [-0.2, -0.15) is 0 Å². The first kappa shape index (κ1) is 19.4. The smallest absolute Gasteiger partial charge is 0.338 e. The molecule has 28 heavy (non-hydrogen) atoms. The highest BCUT2D eigenvalue weighted by atomic mass is 35.5. The first-order valence-electron chi connectivity index (χ1n) is 8.24. The maximum Gasteiger partial charge on any atom is 0.338 e. The van der Waals surface area contributed by atoms with Crippen molar-refractivity contribution in [3.05, 3.63) is 83.1 Å². The fraction of sp³-hybridized carbons (Fsp3) is 0.0476. The number of carbonyl (C=O) groups excluding carboxylic acids is 2. The first-order valence-corrected chi connectivity index (χ1v) is 8.61. The van der Waals surface area contributed by atoms with Crippen molar-refractivity contribution in [1.29, 1.82) is 0 Å². The summed E-state index contributed by atoms with van der Waals surface area (Å²) in [6, 6.07) is 17.1. The summed E-state index contributed by atoms with van der Waals surface area (Å²) in [5.74, 6) is -1.86. The van der Waals surface area contributed by atoms with E-state index in [1.807, 2.05) is 0 Å². The Morgan fingerprint density at radius 1 is 0.964 bits per heavy atom. The molecule has 0 fully saturated rings. The molecule has 3 aromatic rings. The van der Waals surface area contributed by atoms with Crippen LogP contribution >= 0.6 is 11.6 Å². The molecule has 0 spiro atoms. The molecule has 7 heteroatoms. The van der Waals surface area contributed by atoms with Crippen LogP contribution in [0.1, 0.15) is 10.4 Å². The molecule has 0 aliphatic heterocycles. The number of hydrogen-bond acceptors (Lipinski definition) is 4. The number of anilines is 1. The second kappa shape index (κ2) is 8.54. The van der Waals surface area contributed by atoms with Crippen LogP contribution in [0.2, 0.25) is 5.02 Å². The summed E-state index contributed by atoms with van der Waals surface area (Å²) in [5, 5.41) is 11.8. The van der Waals surface area contributed by atoms with E-state index < -0.39 is 24.3 Å². The number of amides is 1. The average molecular weight is 400 g/mol. The Morgan fingerprint density at radius 3 is 2.18 bits per heavy atom. The van der Waals surface area contributed by atoms with Gasteiger partial charge in [0.1, 0.15) is 11.6 Å². The van der Waals surface area contributed by atoms with E-state index in [2.05, 4.69) is 5.32 Å². The molecule has 142 valence electrons. The largest absolute Gasteiger partial charge is 0.508 e. The predicted octanol–water partition coefficient (Wildman–Crippen LogP) is 4.65. The fourth-order valence-electron chi connectivity index (χ4n) is 2.44. The Hall–Kier alpha value is -3.38. The minimum Gasteiger partial charge on any atom is -0.508 e. The van der Waals surface area contributed by atoms with Gasteiger partial charge >= 0.3 is 5.97 Å². The van der Waals surface area contributed by atoms with E-state index in [-0.39, 0.29) is 22.0 Å². The SMILES string of the molecule is O=C(COC(=O)c1ccc(-c2ccc(O)cc2)cc1)Nc1ccc(Cl)cc1F. The molecular formula is C21H15ClFNO4. The topological polar surface area (TPSA) is 75.6 Å². The lowest BCUT2D eigenvalue weighted by atomic mass is 10.0. The van der Waals surface area contributed by atoms with Crippen LogP contribution in [0.4, 0.5) is 10.1 Å².